The number of aliphatic hydroxyl groups is 1. The molecule has 0 amide bonds. The Hall–Kier alpha value is -1.02. The lowest BCUT2D eigenvalue weighted by atomic mass is 9.93. The highest BCUT2D eigenvalue weighted by Crippen LogP contribution is 2.38. The Morgan fingerprint density at radius 3 is 2.69 bits per heavy atom. The largest absolute Gasteiger partial charge is 0.386 e. The van der Waals surface area contributed by atoms with Crippen LogP contribution in [-0.4, -0.2) is 18.2 Å². The number of hydrogen-bond donors (Lipinski definition) is 1. The number of likely N-dealkylation sites (N-methyl/N-ethyl adjacent to an activating group) is 1. The normalized spacial score (nSPS) is 20.1. The molecular formula is C14H21NO. The summed E-state index contributed by atoms with van der Waals surface area (Å²) in [5.41, 5.74) is 2.98. The number of benzene rings is 1. The van der Waals surface area contributed by atoms with Crippen molar-refractivity contribution in [1.82, 2.24) is 0 Å². The predicted octanol–water partition coefficient (Wildman–Crippen LogP) is 2.86. The van der Waals surface area contributed by atoms with Crippen LogP contribution in [0.4, 0.5) is 5.69 Å². The molecule has 0 saturated heterocycles. The van der Waals surface area contributed by atoms with Gasteiger partial charge in [-0.15, -0.1) is 0 Å². The van der Waals surface area contributed by atoms with Crippen molar-refractivity contribution in [1.29, 1.82) is 0 Å². The Labute approximate surface area is 97.9 Å². The smallest absolute Gasteiger partial charge is 0.0840 e. The van der Waals surface area contributed by atoms with Gasteiger partial charge in [-0.25, -0.2) is 0 Å². The number of nitrogens with zero attached hydrogens (tertiary/aromatic N) is 1. The van der Waals surface area contributed by atoms with Crippen molar-refractivity contribution in [2.24, 2.45) is 0 Å². The van der Waals surface area contributed by atoms with Crippen molar-refractivity contribution in [3.8, 4) is 0 Å². The van der Waals surface area contributed by atoms with E-state index in [4.69, 9.17) is 0 Å². The number of anilines is 1. The van der Waals surface area contributed by atoms with Gasteiger partial charge in [0.25, 0.3) is 0 Å². The molecule has 0 aliphatic carbocycles. The van der Waals surface area contributed by atoms with E-state index in [1.165, 1.54) is 11.3 Å². The lowest BCUT2D eigenvalue weighted by Gasteiger charge is -2.20. The average Bonchev–Trinajstić information content (AvgIpc) is 2.54. The van der Waals surface area contributed by atoms with Gasteiger partial charge in [0.15, 0.2) is 0 Å². The Balaban J connectivity index is 2.44. The van der Waals surface area contributed by atoms with Crippen LogP contribution in [0.3, 0.4) is 0 Å². The molecule has 2 nitrogen and oxygen atoms in total. The minimum atomic E-state index is -0.742. The molecule has 1 aliphatic rings. The van der Waals surface area contributed by atoms with Gasteiger partial charge in [-0.3, -0.25) is 0 Å². The number of hydrogen-bond acceptors (Lipinski definition) is 2. The highest BCUT2D eigenvalue weighted by molar-refractivity contribution is 5.61. The maximum atomic E-state index is 10.0. The second kappa shape index (κ2) is 3.77. The second-order valence-corrected chi connectivity index (χ2v) is 5.27. The van der Waals surface area contributed by atoms with Crippen LogP contribution in [0.15, 0.2) is 18.2 Å². The van der Waals surface area contributed by atoms with Crippen LogP contribution in [-0.2, 0) is 5.60 Å². The number of fused-ring (bicyclic) bond motifs is 1. The van der Waals surface area contributed by atoms with Crippen LogP contribution in [0.2, 0.25) is 0 Å². The van der Waals surface area contributed by atoms with Crippen LogP contribution >= 0.6 is 0 Å². The van der Waals surface area contributed by atoms with E-state index in [0.29, 0.717) is 5.92 Å². The molecule has 1 atom stereocenters. The quantitative estimate of drug-likeness (QED) is 0.826. The highest BCUT2D eigenvalue weighted by Gasteiger charge is 2.26. The van der Waals surface area contributed by atoms with E-state index in [0.717, 1.165) is 18.7 Å². The van der Waals surface area contributed by atoms with Crippen LogP contribution in [0.5, 0.6) is 0 Å². The summed E-state index contributed by atoms with van der Waals surface area (Å²) in [6.45, 7) is 10.3. The van der Waals surface area contributed by atoms with Crippen molar-refractivity contribution in [3.63, 3.8) is 0 Å². The summed E-state index contributed by atoms with van der Waals surface area (Å²) in [5.74, 6) is 0.567. The molecule has 0 fully saturated rings. The molecule has 0 bridgehead atoms. The molecule has 2 heteroatoms. The van der Waals surface area contributed by atoms with Gasteiger partial charge in [0, 0.05) is 24.7 Å². The monoisotopic (exact) mass is 219 g/mol. The Bertz CT molecular complexity index is 392. The van der Waals surface area contributed by atoms with E-state index in [-0.39, 0.29) is 0 Å². The highest BCUT2D eigenvalue weighted by atomic mass is 16.3. The Kier molecular flexibility index (Phi) is 2.70. The molecule has 0 saturated carbocycles. The molecule has 1 aromatic carbocycles. The fourth-order valence-electron chi connectivity index (χ4n) is 2.44. The zero-order chi connectivity index (χ0) is 11.9. The molecule has 0 radical (unpaired) electrons. The van der Waals surface area contributed by atoms with E-state index in [1.807, 2.05) is 19.9 Å². The Morgan fingerprint density at radius 1 is 1.44 bits per heavy atom. The standard InChI is InChI=1S/C14H21NO/c1-5-15-9-10(2)12-8-11(14(3,4)16)6-7-13(12)15/h6-8,10,16H,5,9H2,1-4H3. The van der Waals surface area contributed by atoms with Gasteiger partial charge in [0.05, 0.1) is 5.60 Å². The zero-order valence-electron chi connectivity index (χ0n) is 10.6. The summed E-state index contributed by atoms with van der Waals surface area (Å²) in [6, 6.07) is 6.35. The molecule has 88 valence electrons. The third-order valence-corrected chi connectivity index (χ3v) is 3.48. The summed E-state index contributed by atoms with van der Waals surface area (Å²) in [6.07, 6.45) is 0. The van der Waals surface area contributed by atoms with E-state index in [9.17, 15) is 5.11 Å². The van der Waals surface area contributed by atoms with E-state index in [2.05, 4.69) is 30.9 Å². The van der Waals surface area contributed by atoms with Gasteiger partial charge in [-0.05, 0) is 38.0 Å². The first kappa shape index (κ1) is 11.5. The van der Waals surface area contributed by atoms with Crippen LogP contribution in [0.1, 0.15) is 44.7 Å². The summed E-state index contributed by atoms with van der Waals surface area (Å²) in [5, 5.41) is 10.0. The maximum absolute atomic E-state index is 10.0. The molecule has 0 spiro atoms. The van der Waals surface area contributed by atoms with Gasteiger partial charge in [-0.2, -0.15) is 0 Å². The van der Waals surface area contributed by atoms with Gasteiger partial charge in [0.2, 0.25) is 0 Å². The fraction of sp³-hybridized carbons (Fsp3) is 0.571. The predicted molar refractivity (Wildman–Crippen MR) is 68.0 cm³/mol. The van der Waals surface area contributed by atoms with Crippen molar-refractivity contribution in [2.75, 3.05) is 18.0 Å². The molecule has 1 heterocycles. The molecule has 1 N–H and O–H groups in total. The lowest BCUT2D eigenvalue weighted by Crippen LogP contribution is -2.20. The van der Waals surface area contributed by atoms with Gasteiger partial charge >= 0.3 is 0 Å². The Morgan fingerprint density at radius 2 is 2.12 bits per heavy atom. The molecule has 16 heavy (non-hydrogen) atoms. The molecule has 2 rings (SSSR count). The van der Waals surface area contributed by atoms with Gasteiger partial charge in [0.1, 0.15) is 0 Å². The second-order valence-electron chi connectivity index (χ2n) is 5.27. The molecule has 1 aliphatic heterocycles. The molecule has 1 unspecified atom stereocenters. The summed E-state index contributed by atoms with van der Waals surface area (Å²) in [4.78, 5) is 2.40. The van der Waals surface area contributed by atoms with E-state index < -0.39 is 5.60 Å². The van der Waals surface area contributed by atoms with Crippen molar-refractivity contribution < 1.29 is 5.11 Å². The van der Waals surface area contributed by atoms with Crippen molar-refractivity contribution >= 4 is 5.69 Å². The van der Waals surface area contributed by atoms with E-state index >= 15 is 0 Å². The minimum absolute atomic E-state index is 0.567. The summed E-state index contributed by atoms with van der Waals surface area (Å²) >= 11 is 0. The first-order valence-electron chi connectivity index (χ1n) is 6.05. The van der Waals surface area contributed by atoms with Crippen LogP contribution in [0.25, 0.3) is 0 Å². The first-order valence-corrected chi connectivity index (χ1v) is 6.05. The SMILES string of the molecule is CCN1CC(C)c2cc(C(C)(C)O)ccc21. The molecule has 1 aromatic rings. The van der Waals surface area contributed by atoms with Gasteiger partial charge < -0.3 is 10.0 Å². The van der Waals surface area contributed by atoms with Crippen LogP contribution < -0.4 is 4.90 Å². The third-order valence-electron chi connectivity index (χ3n) is 3.48. The fourth-order valence-corrected chi connectivity index (χ4v) is 2.44. The van der Waals surface area contributed by atoms with Gasteiger partial charge in [-0.1, -0.05) is 19.1 Å². The average molecular weight is 219 g/mol. The topological polar surface area (TPSA) is 23.5 Å². The van der Waals surface area contributed by atoms with E-state index in [1.54, 1.807) is 0 Å². The maximum Gasteiger partial charge on any atom is 0.0840 e. The van der Waals surface area contributed by atoms with Crippen molar-refractivity contribution in [2.45, 2.75) is 39.2 Å². The third kappa shape index (κ3) is 1.82. The lowest BCUT2D eigenvalue weighted by molar-refractivity contribution is 0.0785. The molecule has 0 aromatic heterocycles. The minimum Gasteiger partial charge on any atom is -0.386 e. The summed E-state index contributed by atoms with van der Waals surface area (Å²) in [7, 11) is 0. The molecular weight excluding hydrogens is 198 g/mol. The first-order chi connectivity index (χ1) is 7.43. The number of rotatable bonds is 2. The zero-order valence-corrected chi connectivity index (χ0v) is 10.6. The van der Waals surface area contributed by atoms with Crippen LogP contribution in [0, 0.1) is 0 Å². The summed E-state index contributed by atoms with van der Waals surface area (Å²) < 4.78 is 0. The van der Waals surface area contributed by atoms with Crippen molar-refractivity contribution in [3.05, 3.63) is 29.3 Å².